The summed E-state index contributed by atoms with van der Waals surface area (Å²) in [6, 6.07) is 8.70. The molecule has 0 spiro atoms. The summed E-state index contributed by atoms with van der Waals surface area (Å²) in [5, 5.41) is 0. The van der Waals surface area contributed by atoms with Gasteiger partial charge in [-0.3, -0.25) is 0 Å². The van der Waals surface area contributed by atoms with Gasteiger partial charge in [0, 0.05) is 7.11 Å². The second-order valence-corrected chi connectivity index (χ2v) is 4.85. The zero-order valence-corrected chi connectivity index (χ0v) is 9.42. The second kappa shape index (κ2) is 4.28. The summed E-state index contributed by atoms with van der Waals surface area (Å²) in [4.78, 5) is 0. The molecule has 0 aliphatic heterocycles. The van der Waals surface area contributed by atoms with Crippen molar-refractivity contribution in [1.29, 1.82) is 0 Å². The molecule has 0 N–H and O–H groups in total. The van der Waals surface area contributed by atoms with E-state index >= 15 is 0 Å². The molecule has 0 radical (unpaired) electrons. The molecule has 0 aliphatic rings. The molecule has 1 aromatic carbocycles. The van der Waals surface area contributed by atoms with E-state index in [0.717, 1.165) is 0 Å². The molecule has 1 unspecified atom stereocenters. The van der Waals surface area contributed by atoms with Gasteiger partial charge in [-0.15, -0.1) is 3.89 Å². The van der Waals surface area contributed by atoms with E-state index in [4.69, 9.17) is 4.74 Å². The molecule has 84 valence electrons. The van der Waals surface area contributed by atoms with Gasteiger partial charge >= 0.3 is 10.2 Å². The van der Waals surface area contributed by atoms with Crippen LogP contribution in [0.15, 0.2) is 30.3 Å². The first-order valence-corrected chi connectivity index (χ1v) is 5.96. The van der Waals surface area contributed by atoms with Crippen LogP contribution >= 0.6 is 0 Å². The topological polar surface area (TPSA) is 43.4 Å². The largest absolute Gasteiger partial charge is 0.373 e. The smallest absolute Gasteiger partial charge is 0.305 e. The molecular weight excluding hydrogens is 219 g/mol. The standard InChI is InChI=1S/C10H13FO3S/c1-10(14-2,8-15(11,12)13)9-6-4-3-5-7-9/h3-7H,8H2,1-2H3. The van der Waals surface area contributed by atoms with E-state index in [1.54, 1.807) is 37.3 Å². The van der Waals surface area contributed by atoms with Gasteiger partial charge in [0.2, 0.25) is 0 Å². The van der Waals surface area contributed by atoms with Gasteiger partial charge in [-0.2, -0.15) is 8.42 Å². The molecule has 3 nitrogen and oxygen atoms in total. The molecule has 1 rings (SSSR count). The summed E-state index contributed by atoms with van der Waals surface area (Å²) in [7, 11) is -3.21. The quantitative estimate of drug-likeness (QED) is 0.744. The molecule has 0 bridgehead atoms. The zero-order chi connectivity index (χ0) is 11.5. The van der Waals surface area contributed by atoms with Gasteiger partial charge in [-0.1, -0.05) is 30.3 Å². The summed E-state index contributed by atoms with van der Waals surface area (Å²) < 4.78 is 39.0. The van der Waals surface area contributed by atoms with Crippen LogP contribution in [0.1, 0.15) is 12.5 Å². The van der Waals surface area contributed by atoms with Gasteiger partial charge in [-0.25, -0.2) is 0 Å². The minimum atomic E-state index is -4.57. The van der Waals surface area contributed by atoms with Crippen LogP contribution in [-0.2, 0) is 20.6 Å². The Hall–Kier alpha value is -0.940. The van der Waals surface area contributed by atoms with E-state index in [2.05, 4.69) is 0 Å². The highest BCUT2D eigenvalue weighted by Crippen LogP contribution is 2.26. The third-order valence-corrected chi connectivity index (χ3v) is 3.18. The Bertz CT molecular complexity index is 416. The molecule has 0 saturated carbocycles. The predicted molar refractivity (Wildman–Crippen MR) is 55.7 cm³/mol. The van der Waals surface area contributed by atoms with Crippen LogP contribution in [0.5, 0.6) is 0 Å². The molecule has 15 heavy (non-hydrogen) atoms. The first-order chi connectivity index (χ1) is 6.87. The maximum absolute atomic E-state index is 12.6. The molecule has 1 aromatic rings. The van der Waals surface area contributed by atoms with E-state index < -0.39 is 21.6 Å². The molecule has 0 aliphatic carbocycles. The van der Waals surface area contributed by atoms with Crippen LogP contribution in [0.25, 0.3) is 0 Å². The average Bonchev–Trinajstić information content (AvgIpc) is 2.16. The number of ether oxygens (including phenoxy) is 1. The lowest BCUT2D eigenvalue weighted by Gasteiger charge is -2.26. The van der Waals surface area contributed by atoms with E-state index in [9.17, 15) is 12.3 Å². The van der Waals surface area contributed by atoms with E-state index in [0.29, 0.717) is 5.56 Å². The van der Waals surface area contributed by atoms with Crippen LogP contribution in [0.2, 0.25) is 0 Å². The zero-order valence-electron chi connectivity index (χ0n) is 8.60. The van der Waals surface area contributed by atoms with Crippen molar-refractivity contribution in [3.05, 3.63) is 35.9 Å². The first-order valence-electron chi connectivity index (χ1n) is 4.40. The van der Waals surface area contributed by atoms with Crippen LogP contribution in [-0.4, -0.2) is 21.3 Å². The summed E-state index contributed by atoms with van der Waals surface area (Å²) in [6.07, 6.45) is 0. The Morgan fingerprint density at radius 1 is 1.33 bits per heavy atom. The fourth-order valence-electron chi connectivity index (χ4n) is 1.38. The average molecular weight is 232 g/mol. The lowest BCUT2D eigenvalue weighted by Crippen LogP contribution is -2.32. The Kier molecular flexibility index (Phi) is 3.46. The van der Waals surface area contributed by atoms with Crippen molar-refractivity contribution in [3.8, 4) is 0 Å². The fraction of sp³-hybridized carbons (Fsp3) is 0.400. The molecule has 0 heterocycles. The Labute approximate surface area is 89.1 Å². The highest BCUT2D eigenvalue weighted by Gasteiger charge is 2.32. The Balaban J connectivity index is 3.06. The van der Waals surface area contributed by atoms with Crippen molar-refractivity contribution in [2.45, 2.75) is 12.5 Å². The normalized spacial score (nSPS) is 15.9. The maximum atomic E-state index is 12.6. The monoisotopic (exact) mass is 232 g/mol. The lowest BCUT2D eigenvalue weighted by atomic mass is 9.98. The minimum Gasteiger partial charge on any atom is -0.373 e. The molecule has 0 saturated heterocycles. The summed E-state index contributed by atoms with van der Waals surface area (Å²) in [5.74, 6) is -0.680. The molecule has 5 heteroatoms. The number of methoxy groups -OCH3 is 1. The fourth-order valence-corrected chi connectivity index (χ4v) is 2.32. The van der Waals surface area contributed by atoms with Crippen LogP contribution in [0.3, 0.4) is 0 Å². The molecule has 0 amide bonds. The van der Waals surface area contributed by atoms with Crippen molar-refractivity contribution < 1.29 is 17.0 Å². The van der Waals surface area contributed by atoms with Gasteiger partial charge in [0.15, 0.2) is 0 Å². The maximum Gasteiger partial charge on any atom is 0.305 e. The third kappa shape index (κ3) is 3.28. The molecule has 0 fully saturated rings. The van der Waals surface area contributed by atoms with Gasteiger partial charge in [0.05, 0.1) is 0 Å². The van der Waals surface area contributed by atoms with Crippen LogP contribution in [0.4, 0.5) is 3.89 Å². The third-order valence-electron chi connectivity index (χ3n) is 2.28. The van der Waals surface area contributed by atoms with Crippen LogP contribution < -0.4 is 0 Å². The SMILES string of the molecule is COC(C)(CS(=O)(=O)F)c1ccccc1. The summed E-state index contributed by atoms with van der Waals surface area (Å²) in [5.41, 5.74) is -0.511. The van der Waals surface area contributed by atoms with Crippen molar-refractivity contribution in [1.82, 2.24) is 0 Å². The second-order valence-electron chi connectivity index (χ2n) is 3.48. The number of halogens is 1. The highest BCUT2D eigenvalue weighted by atomic mass is 32.3. The number of hydrogen-bond acceptors (Lipinski definition) is 3. The van der Waals surface area contributed by atoms with Gasteiger partial charge in [0.25, 0.3) is 0 Å². The molecular formula is C10H13FO3S. The van der Waals surface area contributed by atoms with Crippen molar-refractivity contribution >= 4 is 10.2 Å². The lowest BCUT2D eigenvalue weighted by molar-refractivity contribution is 0.0216. The Morgan fingerprint density at radius 2 is 1.87 bits per heavy atom. The first kappa shape index (κ1) is 12.1. The van der Waals surface area contributed by atoms with Gasteiger partial charge in [-0.05, 0) is 12.5 Å². The van der Waals surface area contributed by atoms with Gasteiger partial charge < -0.3 is 4.74 Å². The van der Waals surface area contributed by atoms with Gasteiger partial charge in [0.1, 0.15) is 11.4 Å². The highest BCUT2D eigenvalue weighted by molar-refractivity contribution is 7.86. The molecule has 0 aromatic heterocycles. The predicted octanol–water partition coefficient (Wildman–Crippen LogP) is 1.85. The van der Waals surface area contributed by atoms with Crippen molar-refractivity contribution in [2.75, 3.05) is 12.9 Å². The number of hydrogen-bond donors (Lipinski definition) is 0. The number of benzene rings is 1. The van der Waals surface area contributed by atoms with E-state index in [-0.39, 0.29) is 0 Å². The van der Waals surface area contributed by atoms with Crippen molar-refractivity contribution in [3.63, 3.8) is 0 Å². The minimum absolute atomic E-state index is 0.633. The number of rotatable bonds is 4. The summed E-state index contributed by atoms with van der Waals surface area (Å²) >= 11 is 0. The molecule has 1 atom stereocenters. The Morgan fingerprint density at radius 3 is 2.27 bits per heavy atom. The van der Waals surface area contributed by atoms with Crippen LogP contribution in [0, 0.1) is 0 Å². The van der Waals surface area contributed by atoms with E-state index in [1.807, 2.05) is 0 Å². The van der Waals surface area contributed by atoms with E-state index in [1.165, 1.54) is 7.11 Å². The summed E-state index contributed by atoms with van der Waals surface area (Å²) in [6.45, 7) is 1.54. The van der Waals surface area contributed by atoms with Crippen molar-refractivity contribution in [2.24, 2.45) is 0 Å².